The smallest absolute Gasteiger partial charge is 0.334 e. The molecule has 1 saturated heterocycles. The fourth-order valence-corrected chi connectivity index (χ4v) is 3.99. The lowest BCUT2D eigenvalue weighted by Gasteiger charge is -2.27. The number of ether oxygens (including phenoxy) is 3. The number of unbranched alkanes of at least 4 members (excludes halogenated alkanes) is 1. The Bertz CT molecular complexity index is 746. The first kappa shape index (κ1) is 20.4. The van der Waals surface area contributed by atoms with Gasteiger partial charge in [0.1, 0.15) is 18.3 Å². The minimum absolute atomic E-state index is 0.224. The summed E-state index contributed by atoms with van der Waals surface area (Å²) in [6.07, 6.45) is 5.51. The minimum Gasteiger partial charge on any atom is -0.458 e. The van der Waals surface area contributed by atoms with Crippen LogP contribution in [0.2, 0.25) is 0 Å². The Labute approximate surface area is 165 Å². The molecule has 3 unspecified atom stereocenters. The average Bonchev–Trinajstić information content (AvgIpc) is 3.10. The maximum Gasteiger partial charge on any atom is 0.334 e. The number of rotatable bonds is 5. The second-order valence-corrected chi connectivity index (χ2v) is 8.00. The van der Waals surface area contributed by atoms with Gasteiger partial charge in [0, 0.05) is 24.0 Å². The minimum atomic E-state index is -0.659. The molecule has 6 heteroatoms. The second kappa shape index (κ2) is 8.33. The average molecular weight is 388 g/mol. The third-order valence-electron chi connectivity index (χ3n) is 5.62. The molecule has 0 aromatic heterocycles. The van der Waals surface area contributed by atoms with E-state index in [9.17, 15) is 14.4 Å². The van der Waals surface area contributed by atoms with Crippen LogP contribution in [0.5, 0.6) is 0 Å². The lowest BCUT2D eigenvalue weighted by molar-refractivity contribution is -0.154. The van der Waals surface area contributed by atoms with Gasteiger partial charge >= 0.3 is 17.9 Å². The zero-order chi connectivity index (χ0) is 20.4. The predicted octanol–water partition coefficient (Wildman–Crippen LogP) is 3.41. The molecule has 2 aliphatic heterocycles. The molecule has 6 nitrogen and oxygen atoms in total. The Morgan fingerprint density at radius 2 is 2.00 bits per heavy atom. The molecule has 0 spiro atoms. The molecule has 152 valence electrons. The summed E-state index contributed by atoms with van der Waals surface area (Å²) in [7, 11) is 0. The van der Waals surface area contributed by atoms with E-state index in [4.69, 9.17) is 14.2 Å². The third kappa shape index (κ3) is 4.21. The number of carbonyl (C=O) groups is 3. The van der Waals surface area contributed by atoms with E-state index in [2.05, 4.69) is 13.5 Å². The number of hydrogen-bond acceptors (Lipinski definition) is 6. The molecular formula is C22H28O6. The fraction of sp³-hybridized carbons (Fsp3) is 0.591. The molecule has 5 atom stereocenters. The molecule has 3 rings (SSSR count). The van der Waals surface area contributed by atoms with Gasteiger partial charge in [-0.3, -0.25) is 4.79 Å². The summed E-state index contributed by atoms with van der Waals surface area (Å²) in [5.41, 5.74) is 1.69. The molecule has 2 heterocycles. The van der Waals surface area contributed by atoms with E-state index in [1.807, 2.05) is 19.9 Å². The van der Waals surface area contributed by atoms with E-state index < -0.39 is 24.1 Å². The Kier molecular flexibility index (Phi) is 6.06. The van der Waals surface area contributed by atoms with Crippen LogP contribution in [-0.4, -0.2) is 36.2 Å². The summed E-state index contributed by atoms with van der Waals surface area (Å²) < 4.78 is 16.7. The van der Waals surface area contributed by atoms with Crippen molar-refractivity contribution in [1.82, 2.24) is 0 Å². The summed E-state index contributed by atoms with van der Waals surface area (Å²) in [5.74, 6) is -1.93. The predicted molar refractivity (Wildman–Crippen MR) is 102 cm³/mol. The van der Waals surface area contributed by atoms with Crippen molar-refractivity contribution in [3.8, 4) is 0 Å². The molecule has 0 saturated carbocycles. The van der Waals surface area contributed by atoms with Crippen molar-refractivity contribution in [2.24, 2.45) is 11.8 Å². The molecule has 1 fully saturated rings. The fourth-order valence-electron chi connectivity index (χ4n) is 3.99. The maximum absolute atomic E-state index is 12.6. The van der Waals surface area contributed by atoms with Crippen LogP contribution in [-0.2, 0) is 28.6 Å². The highest BCUT2D eigenvalue weighted by Crippen LogP contribution is 2.38. The summed E-state index contributed by atoms with van der Waals surface area (Å²) in [6, 6.07) is 0. The highest BCUT2D eigenvalue weighted by atomic mass is 16.6. The second-order valence-electron chi connectivity index (χ2n) is 8.00. The van der Waals surface area contributed by atoms with Gasteiger partial charge in [-0.25, -0.2) is 9.59 Å². The third-order valence-corrected chi connectivity index (χ3v) is 5.62. The van der Waals surface area contributed by atoms with Crippen molar-refractivity contribution in [2.45, 2.75) is 71.2 Å². The molecule has 3 aliphatic rings. The van der Waals surface area contributed by atoms with E-state index in [-0.39, 0.29) is 36.0 Å². The Hall–Kier alpha value is -2.37. The number of carbonyl (C=O) groups excluding carboxylic acids is 3. The lowest BCUT2D eigenvalue weighted by Crippen LogP contribution is -2.34. The number of hydrogen-bond donors (Lipinski definition) is 0. The van der Waals surface area contributed by atoms with E-state index >= 15 is 0 Å². The van der Waals surface area contributed by atoms with Gasteiger partial charge in [-0.1, -0.05) is 38.8 Å². The van der Waals surface area contributed by atoms with Crippen molar-refractivity contribution in [3.05, 3.63) is 35.5 Å². The van der Waals surface area contributed by atoms with Gasteiger partial charge in [-0.2, -0.15) is 0 Å². The topological polar surface area (TPSA) is 78.9 Å². The molecule has 28 heavy (non-hydrogen) atoms. The quantitative estimate of drug-likeness (QED) is 0.311. The van der Waals surface area contributed by atoms with Crippen molar-refractivity contribution >= 4 is 17.9 Å². The molecule has 0 aromatic carbocycles. The van der Waals surface area contributed by atoms with Crippen molar-refractivity contribution in [3.63, 3.8) is 0 Å². The number of esters is 3. The van der Waals surface area contributed by atoms with Crippen LogP contribution in [0.4, 0.5) is 0 Å². The van der Waals surface area contributed by atoms with Crippen molar-refractivity contribution < 1.29 is 28.6 Å². The Morgan fingerprint density at radius 3 is 2.71 bits per heavy atom. The highest BCUT2D eigenvalue weighted by molar-refractivity contribution is 5.93. The number of fused-ring (bicyclic) bond motifs is 2. The largest absolute Gasteiger partial charge is 0.458 e. The van der Waals surface area contributed by atoms with Gasteiger partial charge in [0.05, 0.1) is 11.8 Å². The maximum atomic E-state index is 12.6. The zero-order valence-corrected chi connectivity index (χ0v) is 16.7. The van der Waals surface area contributed by atoms with Gasteiger partial charge in [0.15, 0.2) is 0 Å². The van der Waals surface area contributed by atoms with Crippen LogP contribution >= 0.6 is 0 Å². The normalized spacial score (nSPS) is 32.5. The van der Waals surface area contributed by atoms with E-state index in [1.165, 1.54) is 0 Å². The summed E-state index contributed by atoms with van der Waals surface area (Å²) in [6.45, 7) is 9.71. The molecule has 0 amide bonds. The lowest BCUT2D eigenvalue weighted by atomic mass is 9.85. The Morgan fingerprint density at radius 1 is 1.25 bits per heavy atom. The van der Waals surface area contributed by atoms with Gasteiger partial charge in [-0.15, -0.1) is 0 Å². The van der Waals surface area contributed by atoms with Gasteiger partial charge in [0.2, 0.25) is 0 Å². The molecule has 0 N–H and O–H groups in total. The summed E-state index contributed by atoms with van der Waals surface area (Å²) in [4.78, 5) is 37.0. The van der Waals surface area contributed by atoms with Gasteiger partial charge in [0.25, 0.3) is 0 Å². The molecule has 0 radical (unpaired) electrons. The molecule has 2 bridgehead atoms. The first-order valence-electron chi connectivity index (χ1n) is 9.99. The first-order valence-corrected chi connectivity index (χ1v) is 9.99. The van der Waals surface area contributed by atoms with Crippen LogP contribution in [0.1, 0.15) is 52.9 Å². The van der Waals surface area contributed by atoms with Crippen LogP contribution in [0.15, 0.2) is 35.5 Å². The van der Waals surface area contributed by atoms with Gasteiger partial charge < -0.3 is 14.2 Å². The van der Waals surface area contributed by atoms with Crippen molar-refractivity contribution in [1.29, 1.82) is 0 Å². The first-order chi connectivity index (χ1) is 13.3. The van der Waals surface area contributed by atoms with E-state index in [0.29, 0.717) is 12.0 Å². The van der Waals surface area contributed by atoms with Crippen LogP contribution in [0.25, 0.3) is 0 Å². The Balaban J connectivity index is 1.88. The van der Waals surface area contributed by atoms with E-state index in [1.54, 1.807) is 6.08 Å². The monoisotopic (exact) mass is 388 g/mol. The SMILES string of the molecule is C=C1C(=O)O[C@H]2CC3=CC(C/C(C)=C/[C@@H](OC(=O)C(C)CCCC)C12)OC3=O. The zero-order valence-electron chi connectivity index (χ0n) is 16.7. The summed E-state index contributed by atoms with van der Waals surface area (Å²) >= 11 is 0. The van der Waals surface area contributed by atoms with E-state index in [0.717, 1.165) is 24.8 Å². The van der Waals surface area contributed by atoms with Crippen LogP contribution < -0.4 is 0 Å². The van der Waals surface area contributed by atoms with Crippen LogP contribution in [0.3, 0.4) is 0 Å². The molecule has 0 aromatic rings. The van der Waals surface area contributed by atoms with Crippen LogP contribution in [0, 0.1) is 11.8 Å². The standard InChI is InChI=1S/C22H28O6/c1-5-6-7-13(3)20(23)27-17-9-12(2)8-16-10-15(22(25)26-16)11-18-19(17)14(4)21(24)28-18/h9-10,13,16-19H,4-8,11H2,1-3H3/b12-9+/t13?,16?,17-,18+,19?/m1/s1. The summed E-state index contributed by atoms with van der Waals surface area (Å²) in [5, 5.41) is 0. The molecule has 1 aliphatic carbocycles. The van der Waals surface area contributed by atoms with Gasteiger partial charge in [-0.05, 0) is 25.5 Å². The molecular weight excluding hydrogens is 360 g/mol. The highest BCUT2D eigenvalue weighted by Gasteiger charge is 2.46. The van der Waals surface area contributed by atoms with Crippen molar-refractivity contribution in [2.75, 3.05) is 0 Å².